The van der Waals surface area contributed by atoms with Crippen molar-refractivity contribution in [2.75, 3.05) is 26.3 Å². The number of carbonyl (C=O) groups excluding carboxylic acids is 1. The summed E-state index contributed by atoms with van der Waals surface area (Å²) in [5, 5.41) is 3.24. The molecule has 23 heavy (non-hydrogen) atoms. The van der Waals surface area contributed by atoms with Crippen LogP contribution in [0.15, 0.2) is 30.3 Å². The lowest BCUT2D eigenvalue weighted by molar-refractivity contribution is -0.128. The first-order chi connectivity index (χ1) is 11.2. The summed E-state index contributed by atoms with van der Waals surface area (Å²) in [6.45, 7) is 5.73. The fourth-order valence-electron chi connectivity index (χ4n) is 3.68. The van der Waals surface area contributed by atoms with Gasteiger partial charge in [-0.3, -0.25) is 9.69 Å². The van der Waals surface area contributed by atoms with Gasteiger partial charge in [0.2, 0.25) is 5.91 Å². The minimum atomic E-state index is 0.123. The number of nitrogens with one attached hydrogen (secondary N) is 1. The first-order valence-corrected chi connectivity index (χ1v) is 8.91. The molecule has 0 aliphatic carbocycles. The molecule has 4 nitrogen and oxygen atoms in total. The third kappa shape index (κ3) is 4.33. The number of hydrogen-bond donors (Lipinski definition) is 1. The van der Waals surface area contributed by atoms with Gasteiger partial charge in [0.1, 0.15) is 0 Å². The highest BCUT2D eigenvalue weighted by atomic mass is 16.5. The predicted octanol–water partition coefficient (Wildman–Crippen LogP) is 2.75. The van der Waals surface area contributed by atoms with E-state index in [1.54, 1.807) is 0 Å². The lowest BCUT2D eigenvalue weighted by atomic mass is 9.94. The molecule has 1 aromatic carbocycles. The van der Waals surface area contributed by atoms with Crippen molar-refractivity contribution in [3.05, 3.63) is 35.9 Å². The first-order valence-electron chi connectivity index (χ1n) is 8.91. The van der Waals surface area contributed by atoms with E-state index in [9.17, 15) is 4.79 Å². The standard InChI is InChI=1S/C19H28N2O2/c1-15(16-6-3-2-4-7-16)21-11-5-8-17(14-21)19(22)20-18-9-12-23-13-10-18/h2-4,6-7,15,17-18H,5,8-14H2,1H3,(H,20,22). The van der Waals surface area contributed by atoms with E-state index in [1.807, 2.05) is 0 Å². The van der Waals surface area contributed by atoms with E-state index in [2.05, 4.69) is 47.5 Å². The van der Waals surface area contributed by atoms with Crippen LogP contribution in [0.2, 0.25) is 0 Å². The maximum absolute atomic E-state index is 12.6. The van der Waals surface area contributed by atoms with Crippen molar-refractivity contribution in [3.8, 4) is 0 Å². The summed E-state index contributed by atoms with van der Waals surface area (Å²) in [5.74, 6) is 0.361. The summed E-state index contributed by atoms with van der Waals surface area (Å²) in [6, 6.07) is 11.3. The minimum absolute atomic E-state index is 0.123. The van der Waals surface area contributed by atoms with Gasteiger partial charge in [-0.15, -0.1) is 0 Å². The molecule has 0 spiro atoms. The smallest absolute Gasteiger partial charge is 0.224 e. The Labute approximate surface area is 139 Å². The quantitative estimate of drug-likeness (QED) is 0.929. The summed E-state index contributed by atoms with van der Waals surface area (Å²) in [7, 11) is 0. The van der Waals surface area contributed by atoms with Gasteiger partial charge < -0.3 is 10.1 Å². The SMILES string of the molecule is CC(c1ccccc1)N1CCCC(C(=O)NC2CCOCC2)C1. The van der Waals surface area contributed by atoms with Gasteiger partial charge in [0, 0.05) is 31.8 Å². The van der Waals surface area contributed by atoms with Crippen molar-refractivity contribution >= 4 is 5.91 Å². The van der Waals surface area contributed by atoms with Gasteiger partial charge in [-0.2, -0.15) is 0 Å². The average Bonchev–Trinajstić information content (AvgIpc) is 2.63. The summed E-state index contributed by atoms with van der Waals surface area (Å²) in [5.41, 5.74) is 1.33. The van der Waals surface area contributed by atoms with Gasteiger partial charge in [-0.25, -0.2) is 0 Å². The van der Waals surface area contributed by atoms with Gasteiger partial charge in [-0.05, 0) is 44.7 Å². The zero-order valence-corrected chi connectivity index (χ0v) is 14.0. The molecule has 126 valence electrons. The fourth-order valence-corrected chi connectivity index (χ4v) is 3.68. The number of benzene rings is 1. The molecule has 3 rings (SSSR count). The Morgan fingerprint density at radius 2 is 1.96 bits per heavy atom. The van der Waals surface area contributed by atoms with E-state index in [-0.39, 0.29) is 11.8 Å². The van der Waals surface area contributed by atoms with Crippen LogP contribution in [0.5, 0.6) is 0 Å². The van der Waals surface area contributed by atoms with Crippen LogP contribution in [0.25, 0.3) is 0 Å². The molecular formula is C19H28N2O2. The Kier molecular flexibility index (Phi) is 5.68. The molecular weight excluding hydrogens is 288 g/mol. The van der Waals surface area contributed by atoms with Gasteiger partial charge in [0.05, 0.1) is 5.92 Å². The van der Waals surface area contributed by atoms with Gasteiger partial charge in [0.15, 0.2) is 0 Å². The van der Waals surface area contributed by atoms with Crippen molar-refractivity contribution in [1.29, 1.82) is 0 Å². The molecule has 2 heterocycles. The van der Waals surface area contributed by atoms with E-state index in [1.165, 1.54) is 5.56 Å². The first kappa shape index (κ1) is 16.5. The van der Waals surface area contributed by atoms with Crippen molar-refractivity contribution in [2.24, 2.45) is 5.92 Å². The lowest BCUT2D eigenvalue weighted by Crippen LogP contribution is -2.47. The van der Waals surface area contributed by atoms with Crippen LogP contribution in [0.4, 0.5) is 0 Å². The van der Waals surface area contributed by atoms with Crippen LogP contribution in [0.1, 0.15) is 44.2 Å². The van der Waals surface area contributed by atoms with Gasteiger partial charge in [0.25, 0.3) is 0 Å². The number of amides is 1. The van der Waals surface area contributed by atoms with Crippen LogP contribution < -0.4 is 5.32 Å². The summed E-state index contributed by atoms with van der Waals surface area (Å²) in [4.78, 5) is 15.0. The zero-order chi connectivity index (χ0) is 16.1. The molecule has 2 saturated heterocycles. The van der Waals surface area contributed by atoms with Crippen LogP contribution in [-0.4, -0.2) is 43.2 Å². The second-order valence-electron chi connectivity index (χ2n) is 6.82. The maximum atomic E-state index is 12.6. The maximum Gasteiger partial charge on any atom is 0.224 e. The van der Waals surface area contributed by atoms with Crippen molar-refractivity contribution in [3.63, 3.8) is 0 Å². The number of rotatable bonds is 4. The van der Waals surface area contributed by atoms with Crippen molar-refractivity contribution in [1.82, 2.24) is 10.2 Å². The van der Waals surface area contributed by atoms with E-state index >= 15 is 0 Å². The largest absolute Gasteiger partial charge is 0.381 e. The summed E-state index contributed by atoms with van der Waals surface area (Å²) < 4.78 is 5.36. The van der Waals surface area contributed by atoms with E-state index < -0.39 is 0 Å². The second-order valence-corrected chi connectivity index (χ2v) is 6.82. The Balaban J connectivity index is 1.56. The number of ether oxygens (including phenoxy) is 1. The van der Waals surface area contributed by atoms with Crippen molar-refractivity contribution in [2.45, 2.75) is 44.7 Å². The van der Waals surface area contributed by atoms with E-state index in [0.29, 0.717) is 12.1 Å². The third-order valence-corrected chi connectivity index (χ3v) is 5.22. The van der Waals surface area contributed by atoms with Gasteiger partial charge >= 0.3 is 0 Å². The fraction of sp³-hybridized carbons (Fsp3) is 0.632. The normalized spacial score (nSPS) is 25.0. The molecule has 0 bridgehead atoms. The van der Waals surface area contributed by atoms with Crippen LogP contribution in [0.3, 0.4) is 0 Å². The number of nitrogens with zero attached hydrogens (tertiary/aromatic N) is 1. The van der Waals surface area contributed by atoms with Crippen LogP contribution >= 0.6 is 0 Å². The zero-order valence-electron chi connectivity index (χ0n) is 14.0. The number of carbonyl (C=O) groups is 1. The molecule has 1 N–H and O–H groups in total. The van der Waals surface area contributed by atoms with Crippen LogP contribution in [0, 0.1) is 5.92 Å². The topological polar surface area (TPSA) is 41.6 Å². The Bertz CT molecular complexity index is 499. The lowest BCUT2D eigenvalue weighted by Gasteiger charge is -2.37. The highest BCUT2D eigenvalue weighted by Gasteiger charge is 2.30. The van der Waals surface area contributed by atoms with Crippen LogP contribution in [-0.2, 0) is 9.53 Å². The highest BCUT2D eigenvalue weighted by Crippen LogP contribution is 2.26. The highest BCUT2D eigenvalue weighted by molar-refractivity contribution is 5.79. The van der Waals surface area contributed by atoms with E-state index in [4.69, 9.17) is 4.74 Å². The Hall–Kier alpha value is -1.39. The second kappa shape index (κ2) is 7.93. The molecule has 1 amide bonds. The molecule has 2 unspecified atom stereocenters. The molecule has 2 atom stereocenters. The molecule has 4 heteroatoms. The summed E-state index contributed by atoms with van der Waals surface area (Å²) in [6.07, 6.45) is 4.00. The molecule has 0 radical (unpaired) electrons. The van der Waals surface area contributed by atoms with Crippen molar-refractivity contribution < 1.29 is 9.53 Å². The average molecular weight is 316 g/mol. The molecule has 1 aromatic rings. The van der Waals surface area contributed by atoms with Gasteiger partial charge in [-0.1, -0.05) is 30.3 Å². The Morgan fingerprint density at radius 1 is 1.22 bits per heavy atom. The number of piperidine rings is 1. The number of hydrogen-bond acceptors (Lipinski definition) is 3. The molecule has 0 aromatic heterocycles. The predicted molar refractivity (Wildman–Crippen MR) is 91.1 cm³/mol. The molecule has 2 aliphatic heterocycles. The third-order valence-electron chi connectivity index (χ3n) is 5.22. The molecule has 2 aliphatic rings. The molecule has 0 saturated carbocycles. The number of likely N-dealkylation sites (tertiary alicyclic amines) is 1. The Morgan fingerprint density at radius 3 is 2.70 bits per heavy atom. The molecule has 2 fully saturated rings. The van der Waals surface area contributed by atoms with E-state index in [0.717, 1.165) is 52.0 Å². The summed E-state index contributed by atoms with van der Waals surface area (Å²) >= 11 is 0. The monoisotopic (exact) mass is 316 g/mol. The minimum Gasteiger partial charge on any atom is -0.381 e.